The monoisotopic (exact) mass is 248 g/mol. The Morgan fingerprint density at radius 1 is 1.22 bits per heavy atom. The Hall–Kier alpha value is -1.51. The van der Waals surface area contributed by atoms with Crippen LogP contribution >= 0.6 is 0 Å². The lowest BCUT2D eigenvalue weighted by Gasteiger charge is -2.27. The predicted octanol–water partition coefficient (Wildman–Crippen LogP) is 3.35. The molecule has 0 aromatic heterocycles. The number of para-hydroxylation sites is 1. The van der Waals surface area contributed by atoms with E-state index in [1.165, 1.54) is 6.42 Å². The van der Waals surface area contributed by atoms with Gasteiger partial charge in [0.25, 0.3) is 0 Å². The number of ether oxygens (including phenoxy) is 1. The summed E-state index contributed by atoms with van der Waals surface area (Å²) in [6.45, 7) is 0.282. The Morgan fingerprint density at radius 2 is 1.89 bits per heavy atom. The molecule has 98 valence electrons. The van der Waals surface area contributed by atoms with Gasteiger partial charge in [-0.25, -0.2) is 0 Å². The summed E-state index contributed by atoms with van der Waals surface area (Å²) in [5.41, 5.74) is 0. The molecule has 0 bridgehead atoms. The molecular weight excluding hydrogens is 228 g/mol. The van der Waals surface area contributed by atoms with Crippen molar-refractivity contribution in [2.75, 3.05) is 6.61 Å². The van der Waals surface area contributed by atoms with Gasteiger partial charge in [-0.05, 0) is 30.9 Å². The highest BCUT2D eigenvalue weighted by Gasteiger charge is 2.29. The summed E-state index contributed by atoms with van der Waals surface area (Å²) in [5, 5.41) is 9.32. The molecule has 1 atom stereocenters. The molecule has 18 heavy (non-hydrogen) atoms. The van der Waals surface area contributed by atoms with Crippen LogP contribution in [0.15, 0.2) is 30.3 Å². The zero-order valence-corrected chi connectivity index (χ0v) is 10.5. The topological polar surface area (TPSA) is 46.5 Å². The van der Waals surface area contributed by atoms with E-state index in [0.717, 1.165) is 31.4 Å². The van der Waals surface area contributed by atoms with Crippen LogP contribution < -0.4 is 4.74 Å². The zero-order chi connectivity index (χ0) is 12.8. The molecule has 0 saturated heterocycles. The summed E-state index contributed by atoms with van der Waals surface area (Å²) in [6, 6.07) is 9.43. The molecule has 1 aliphatic rings. The van der Waals surface area contributed by atoms with E-state index in [4.69, 9.17) is 4.74 Å². The van der Waals surface area contributed by atoms with E-state index in [-0.39, 0.29) is 18.4 Å². The smallest absolute Gasteiger partial charge is 0.310 e. The number of rotatable bonds is 5. The third-order valence-electron chi connectivity index (χ3n) is 3.71. The summed E-state index contributed by atoms with van der Waals surface area (Å²) in [4.78, 5) is 11.3. The van der Waals surface area contributed by atoms with Gasteiger partial charge in [0.1, 0.15) is 12.4 Å². The lowest BCUT2D eigenvalue weighted by Crippen LogP contribution is -2.30. The van der Waals surface area contributed by atoms with Gasteiger partial charge in [0, 0.05) is 0 Å². The highest BCUT2D eigenvalue weighted by Crippen LogP contribution is 2.30. The quantitative estimate of drug-likeness (QED) is 0.869. The van der Waals surface area contributed by atoms with Crippen molar-refractivity contribution in [1.82, 2.24) is 0 Å². The molecule has 0 radical (unpaired) electrons. The van der Waals surface area contributed by atoms with Crippen LogP contribution in [0.1, 0.15) is 32.1 Å². The molecular formula is C15H20O3. The second-order valence-corrected chi connectivity index (χ2v) is 4.97. The lowest BCUT2D eigenvalue weighted by molar-refractivity contribution is -0.145. The molecule has 2 rings (SSSR count). The van der Waals surface area contributed by atoms with Crippen LogP contribution in [0.2, 0.25) is 0 Å². The molecule has 3 nitrogen and oxygen atoms in total. The van der Waals surface area contributed by atoms with E-state index in [1.54, 1.807) is 0 Å². The van der Waals surface area contributed by atoms with Crippen molar-refractivity contribution >= 4 is 5.97 Å². The van der Waals surface area contributed by atoms with Gasteiger partial charge in [0.2, 0.25) is 0 Å². The van der Waals surface area contributed by atoms with Crippen molar-refractivity contribution in [3.05, 3.63) is 30.3 Å². The molecule has 1 fully saturated rings. The van der Waals surface area contributed by atoms with Gasteiger partial charge in [0.05, 0.1) is 5.92 Å². The first-order valence-corrected chi connectivity index (χ1v) is 6.68. The molecule has 0 amide bonds. The Balaban J connectivity index is 1.92. The molecule has 0 aliphatic heterocycles. The second kappa shape index (κ2) is 6.43. The van der Waals surface area contributed by atoms with Crippen molar-refractivity contribution in [1.29, 1.82) is 0 Å². The standard InChI is InChI=1S/C15H20O3/c16-15(17)14(12-7-3-1-4-8-12)11-18-13-9-5-2-6-10-13/h2,5-6,9-10,12,14H,1,3-4,7-8,11H2,(H,16,17). The minimum absolute atomic E-state index is 0.278. The minimum atomic E-state index is -0.724. The van der Waals surface area contributed by atoms with Gasteiger partial charge >= 0.3 is 5.97 Å². The van der Waals surface area contributed by atoms with Gasteiger partial charge in [-0.2, -0.15) is 0 Å². The molecule has 1 aromatic carbocycles. The van der Waals surface area contributed by atoms with Crippen LogP contribution in [-0.4, -0.2) is 17.7 Å². The number of carbonyl (C=O) groups is 1. The molecule has 1 saturated carbocycles. The minimum Gasteiger partial charge on any atom is -0.493 e. The van der Waals surface area contributed by atoms with E-state index >= 15 is 0 Å². The maximum Gasteiger partial charge on any atom is 0.310 e. The van der Waals surface area contributed by atoms with Crippen LogP contribution in [-0.2, 0) is 4.79 Å². The Bertz CT molecular complexity index is 369. The lowest BCUT2D eigenvalue weighted by atomic mass is 9.80. The zero-order valence-electron chi connectivity index (χ0n) is 10.5. The van der Waals surface area contributed by atoms with Gasteiger partial charge in [-0.15, -0.1) is 0 Å². The fourth-order valence-corrected chi connectivity index (χ4v) is 2.65. The van der Waals surface area contributed by atoms with Gasteiger partial charge in [0.15, 0.2) is 0 Å². The van der Waals surface area contributed by atoms with Gasteiger partial charge in [-0.3, -0.25) is 4.79 Å². The van der Waals surface area contributed by atoms with Crippen LogP contribution in [0.5, 0.6) is 5.75 Å². The fraction of sp³-hybridized carbons (Fsp3) is 0.533. The summed E-state index contributed by atoms with van der Waals surface area (Å²) >= 11 is 0. The first kappa shape index (κ1) is 12.9. The first-order valence-electron chi connectivity index (χ1n) is 6.68. The Labute approximate surface area is 108 Å². The summed E-state index contributed by atoms with van der Waals surface area (Å²) in [6.07, 6.45) is 5.59. The highest BCUT2D eigenvalue weighted by atomic mass is 16.5. The number of hydrogen-bond acceptors (Lipinski definition) is 2. The van der Waals surface area contributed by atoms with E-state index in [9.17, 15) is 9.90 Å². The van der Waals surface area contributed by atoms with Gasteiger partial charge in [-0.1, -0.05) is 37.5 Å². The number of benzene rings is 1. The third-order valence-corrected chi connectivity index (χ3v) is 3.71. The molecule has 1 N–H and O–H groups in total. The number of hydrogen-bond donors (Lipinski definition) is 1. The van der Waals surface area contributed by atoms with E-state index in [1.807, 2.05) is 30.3 Å². The molecule has 0 heterocycles. The Kier molecular flexibility index (Phi) is 4.62. The molecule has 1 aliphatic carbocycles. The first-order chi connectivity index (χ1) is 8.77. The third kappa shape index (κ3) is 3.49. The van der Waals surface area contributed by atoms with E-state index < -0.39 is 5.97 Å². The molecule has 1 aromatic rings. The summed E-state index contributed by atoms with van der Waals surface area (Å²) in [5.74, 6) is -0.0668. The highest BCUT2D eigenvalue weighted by molar-refractivity contribution is 5.70. The largest absolute Gasteiger partial charge is 0.493 e. The van der Waals surface area contributed by atoms with Gasteiger partial charge < -0.3 is 9.84 Å². The maximum absolute atomic E-state index is 11.3. The normalized spacial score (nSPS) is 18.2. The average molecular weight is 248 g/mol. The van der Waals surface area contributed by atoms with Crippen LogP contribution in [0.25, 0.3) is 0 Å². The molecule has 0 spiro atoms. The van der Waals surface area contributed by atoms with E-state index in [0.29, 0.717) is 0 Å². The summed E-state index contributed by atoms with van der Waals surface area (Å²) in [7, 11) is 0. The summed E-state index contributed by atoms with van der Waals surface area (Å²) < 4.78 is 5.60. The van der Waals surface area contributed by atoms with Crippen LogP contribution in [0, 0.1) is 11.8 Å². The average Bonchev–Trinajstić information content (AvgIpc) is 2.41. The van der Waals surface area contributed by atoms with Crippen molar-refractivity contribution in [2.45, 2.75) is 32.1 Å². The molecule has 1 unspecified atom stereocenters. The number of aliphatic carboxylic acids is 1. The van der Waals surface area contributed by atoms with Crippen LogP contribution in [0.4, 0.5) is 0 Å². The maximum atomic E-state index is 11.3. The Morgan fingerprint density at radius 3 is 2.50 bits per heavy atom. The van der Waals surface area contributed by atoms with Crippen LogP contribution in [0.3, 0.4) is 0 Å². The SMILES string of the molecule is O=C(O)C(COc1ccccc1)C1CCCCC1. The van der Waals surface area contributed by atoms with Crippen molar-refractivity contribution in [3.8, 4) is 5.75 Å². The number of carboxylic acid groups (broad SMARTS) is 1. The van der Waals surface area contributed by atoms with E-state index in [2.05, 4.69) is 0 Å². The van der Waals surface area contributed by atoms with Crippen molar-refractivity contribution < 1.29 is 14.6 Å². The molecule has 3 heteroatoms. The second-order valence-electron chi connectivity index (χ2n) is 4.97. The van der Waals surface area contributed by atoms with Crippen molar-refractivity contribution in [2.24, 2.45) is 11.8 Å². The van der Waals surface area contributed by atoms with Crippen molar-refractivity contribution in [3.63, 3.8) is 0 Å². The fourth-order valence-electron chi connectivity index (χ4n) is 2.65. The number of carboxylic acids is 1. The predicted molar refractivity (Wildman–Crippen MR) is 69.6 cm³/mol.